The van der Waals surface area contributed by atoms with E-state index in [1.54, 1.807) is 0 Å². The molecule has 2 aliphatic heterocycles. The molecule has 0 unspecified atom stereocenters. The van der Waals surface area contributed by atoms with Crippen molar-refractivity contribution in [1.29, 1.82) is 0 Å². The molecule has 214 valence electrons. The van der Waals surface area contributed by atoms with Gasteiger partial charge in [-0.2, -0.15) is 0 Å². The first-order chi connectivity index (χ1) is 21.7. The van der Waals surface area contributed by atoms with Gasteiger partial charge >= 0.3 is 0 Å². The second-order valence-electron chi connectivity index (χ2n) is 11.8. The summed E-state index contributed by atoms with van der Waals surface area (Å²) in [5.74, 6) is 0. The molecule has 2 aliphatic carbocycles. The number of allylic oxidation sites excluding steroid dienone is 14. The monoisotopic (exact) mass is 568 g/mol. The number of para-hydroxylation sites is 1. The number of hydrogen-bond acceptors (Lipinski definition) is 2. The Bertz CT molecular complexity index is 1880. The van der Waals surface area contributed by atoms with Gasteiger partial charge in [0.25, 0.3) is 0 Å². The smallest absolute Gasteiger partial charge is 0.241 e. The minimum absolute atomic E-state index is 0.0778. The summed E-state index contributed by atoms with van der Waals surface area (Å²) in [6.07, 6.45) is 24.9. The van der Waals surface area contributed by atoms with Gasteiger partial charge in [0, 0.05) is 41.8 Å². The van der Waals surface area contributed by atoms with Crippen LogP contribution in [0, 0.1) is 0 Å². The topological polar surface area (TPSA) is 6.48 Å². The van der Waals surface area contributed by atoms with Crippen molar-refractivity contribution < 1.29 is 0 Å². The normalized spacial score (nSPS) is 17.5. The van der Waals surface area contributed by atoms with Gasteiger partial charge in [-0.15, -0.1) is 0 Å². The molecule has 2 nitrogen and oxygen atoms in total. The van der Waals surface area contributed by atoms with E-state index in [9.17, 15) is 0 Å². The molecule has 4 aliphatic rings. The maximum Gasteiger partial charge on any atom is 0.241 e. The Hall–Kier alpha value is -5.02. The van der Waals surface area contributed by atoms with Crippen LogP contribution in [0.4, 0.5) is 11.4 Å². The predicted molar refractivity (Wildman–Crippen MR) is 191 cm³/mol. The number of fused-ring (bicyclic) bond motifs is 5. The van der Waals surface area contributed by atoms with Crippen molar-refractivity contribution in [2.75, 3.05) is 16.8 Å². The number of rotatable bonds is 6. The molecule has 44 heavy (non-hydrogen) atoms. The van der Waals surface area contributed by atoms with Gasteiger partial charge in [0.05, 0.1) is 5.70 Å². The third-order valence-electron chi connectivity index (χ3n) is 9.14. The van der Waals surface area contributed by atoms with Crippen molar-refractivity contribution in [2.45, 2.75) is 26.2 Å². The molecule has 0 saturated heterocycles. The zero-order chi connectivity index (χ0) is 30.0. The highest BCUT2D eigenvalue weighted by Crippen LogP contribution is 2.49. The van der Waals surface area contributed by atoms with Gasteiger partial charge in [-0.25, -0.2) is 0 Å². The van der Waals surface area contributed by atoms with E-state index in [4.69, 9.17) is 0 Å². The molecule has 0 fully saturated rings. The van der Waals surface area contributed by atoms with E-state index < -0.39 is 0 Å². The second-order valence-corrected chi connectivity index (χ2v) is 11.8. The highest BCUT2D eigenvalue weighted by molar-refractivity contribution is 6.91. The minimum Gasteiger partial charge on any atom is -0.347 e. The summed E-state index contributed by atoms with van der Waals surface area (Å²) >= 11 is 0. The van der Waals surface area contributed by atoms with Gasteiger partial charge in [-0.3, -0.25) is 0 Å². The van der Waals surface area contributed by atoms with Crippen LogP contribution in [-0.2, 0) is 0 Å². The molecular weight excluding hydrogens is 531 g/mol. The van der Waals surface area contributed by atoms with Crippen LogP contribution < -0.4 is 20.7 Å². The second kappa shape index (κ2) is 11.9. The van der Waals surface area contributed by atoms with Crippen LogP contribution in [-0.4, -0.2) is 13.8 Å². The minimum atomic E-state index is 0.0778. The standard InChI is InChI=1S/C41H37BN2/c1-4-15-32(16-5-2)42(33-18-9-7-10-19-33)34-20-14-21-36(28-34)44-39-23-11-6-8-17-30(39)27-31-25-26-35-29-38(41(31)44)37-22-12-13-24-40(37)43(35)3/h4-16,18-26,28H,1,17,27,29H2,2-3H3/b16-5-,32-15+. The van der Waals surface area contributed by atoms with Crippen LogP contribution in [0.1, 0.15) is 31.7 Å². The fraction of sp³-hybridized carbons (Fsp3) is 0.122. The van der Waals surface area contributed by atoms with Gasteiger partial charge in [-0.05, 0) is 66.8 Å². The number of anilines is 2. The van der Waals surface area contributed by atoms with Gasteiger partial charge in [0.15, 0.2) is 0 Å². The third-order valence-corrected chi connectivity index (χ3v) is 9.14. The van der Waals surface area contributed by atoms with Crippen molar-refractivity contribution in [3.8, 4) is 0 Å². The highest BCUT2D eigenvalue weighted by Gasteiger charge is 2.35. The molecular formula is C41H37BN2. The average Bonchev–Trinajstić information content (AvgIpc) is 3.39. The Morgan fingerprint density at radius 1 is 0.886 bits per heavy atom. The van der Waals surface area contributed by atoms with E-state index >= 15 is 0 Å². The largest absolute Gasteiger partial charge is 0.347 e. The number of benzene rings is 3. The molecule has 0 radical (unpaired) electrons. The molecule has 2 heterocycles. The molecule has 7 rings (SSSR count). The first kappa shape index (κ1) is 27.8. The Morgan fingerprint density at radius 2 is 1.70 bits per heavy atom. The van der Waals surface area contributed by atoms with E-state index in [1.165, 1.54) is 67.1 Å². The zero-order valence-corrected chi connectivity index (χ0v) is 25.6. The lowest BCUT2D eigenvalue weighted by molar-refractivity contribution is 0.917. The molecule has 0 spiro atoms. The number of hydrogen-bond donors (Lipinski definition) is 0. The van der Waals surface area contributed by atoms with Crippen molar-refractivity contribution >= 4 is 34.6 Å². The van der Waals surface area contributed by atoms with Crippen LogP contribution in [0.5, 0.6) is 0 Å². The summed E-state index contributed by atoms with van der Waals surface area (Å²) < 4.78 is 0. The fourth-order valence-electron chi connectivity index (χ4n) is 7.16. The zero-order valence-electron chi connectivity index (χ0n) is 25.6. The summed E-state index contributed by atoms with van der Waals surface area (Å²) in [4.78, 5) is 4.92. The van der Waals surface area contributed by atoms with Gasteiger partial charge in [0.1, 0.15) is 0 Å². The molecule has 0 amide bonds. The molecule has 0 aromatic heterocycles. The summed E-state index contributed by atoms with van der Waals surface area (Å²) in [6, 6.07) is 28.9. The van der Waals surface area contributed by atoms with Crippen molar-refractivity contribution in [3.05, 3.63) is 185 Å². The molecule has 3 aromatic carbocycles. The van der Waals surface area contributed by atoms with Crippen molar-refractivity contribution in [3.63, 3.8) is 0 Å². The predicted octanol–water partition coefficient (Wildman–Crippen LogP) is 8.58. The first-order valence-electron chi connectivity index (χ1n) is 15.6. The van der Waals surface area contributed by atoms with Crippen molar-refractivity contribution in [1.82, 2.24) is 0 Å². The molecule has 0 atom stereocenters. The molecule has 3 aromatic rings. The van der Waals surface area contributed by atoms with E-state index in [-0.39, 0.29) is 6.71 Å². The third kappa shape index (κ3) is 4.89. The summed E-state index contributed by atoms with van der Waals surface area (Å²) in [7, 11) is 2.20. The number of nitrogens with zero attached hydrogens (tertiary/aromatic N) is 2. The van der Waals surface area contributed by atoms with Gasteiger partial charge < -0.3 is 9.80 Å². The van der Waals surface area contributed by atoms with Crippen LogP contribution in [0.25, 0.3) is 5.57 Å². The molecule has 2 bridgehead atoms. The molecule has 0 N–H and O–H groups in total. The van der Waals surface area contributed by atoms with Crippen LogP contribution in [0.15, 0.2) is 180 Å². The Morgan fingerprint density at radius 3 is 2.55 bits per heavy atom. The van der Waals surface area contributed by atoms with Crippen LogP contribution >= 0.6 is 0 Å². The lowest BCUT2D eigenvalue weighted by Gasteiger charge is -2.40. The Balaban J connectivity index is 1.47. The van der Waals surface area contributed by atoms with Crippen molar-refractivity contribution in [2.24, 2.45) is 0 Å². The maximum absolute atomic E-state index is 4.05. The SMILES string of the molecule is C=C/C=C(\C=C/C)B(c1ccccc1)c1cccc(N2C3=C(CC=CC=C3)CC3=CC=C4CC(=C32)c2ccccc2N4C)c1. The van der Waals surface area contributed by atoms with E-state index in [0.717, 1.165) is 19.3 Å². The lowest BCUT2D eigenvalue weighted by atomic mass is 9.36. The Labute approximate surface area is 262 Å². The average molecular weight is 569 g/mol. The quantitative estimate of drug-likeness (QED) is 0.217. The molecule has 3 heteroatoms. The van der Waals surface area contributed by atoms with E-state index in [2.05, 4.69) is 164 Å². The van der Waals surface area contributed by atoms with Crippen LogP contribution in [0.3, 0.4) is 0 Å². The maximum atomic E-state index is 4.05. The summed E-state index contributed by atoms with van der Waals surface area (Å²) in [5, 5.41) is 0. The van der Waals surface area contributed by atoms with Gasteiger partial charge in [-0.1, -0.05) is 132 Å². The summed E-state index contributed by atoms with van der Waals surface area (Å²) in [6.45, 7) is 6.21. The Kier molecular flexibility index (Phi) is 7.54. The highest BCUT2D eigenvalue weighted by atomic mass is 15.2. The fourth-order valence-corrected chi connectivity index (χ4v) is 7.16. The van der Waals surface area contributed by atoms with E-state index in [1.807, 2.05) is 6.08 Å². The van der Waals surface area contributed by atoms with Gasteiger partial charge in [0.2, 0.25) is 6.71 Å². The first-order valence-corrected chi connectivity index (χ1v) is 15.6. The van der Waals surface area contributed by atoms with E-state index in [0.29, 0.717) is 0 Å². The lowest BCUT2D eigenvalue weighted by Crippen LogP contribution is -2.44. The summed E-state index contributed by atoms with van der Waals surface area (Å²) in [5.41, 5.74) is 15.7. The van der Waals surface area contributed by atoms with Crippen LogP contribution in [0.2, 0.25) is 0 Å². The molecule has 0 saturated carbocycles.